The molecular formula is C17H20N2O2. The van der Waals surface area contributed by atoms with E-state index in [4.69, 9.17) is 10.5 Å². The van der Waals surface area contributed by atoms with Crippen molar-refractivity contribution < 1.29 is 9.53 Å². The Balaban J connectivity index is 2.35. The molecule has 0 aliphatic carbocycles. The highest BCUT2D eigenvalue weighted by Crippen LogP contribution is 2.28. The van der Waals surface area contributed by atoms with Gasteiger partial charge < -0.3 is 15.8 Å². The van der Waals surface area contributed by atoms with Crippen molar-refractivity contribution >= 4 is 23.0 Å². The van der Waals surface area contributed by atoms with Gasteiger partial charge in [0.05, 0.1) is 23.5 Å². The number of ether oxygens (including phenoxy) is 1. The van der Waals surface area contributed by atoms with Crippen LogP contribution in [0.3, 0.4) is 0 Å². The van der Waals surface area contributed by atoms with Gasteiger partial charge in [-0.05, 0) is 50.1 Å². The van der Waals surface area contributed by atoms with E-state index in [0.29, 0.717) is 23.5 Å². The van der Waals surface area contributed by atoms with Crippen LogP contribution in [0.5, 0.6) is 0 Å². The standard InChI is InChI=1S/C17H20N2O2/c1-4-21-17(20)13-6-5-7-14(16(13)18)19-15-10-11(2)8-9-12(15)3/h5-10,19H,4,18H2,1-3H3. The molecule has 0 bridgehead atoms. The molecule has 2 aromatic carbocycles. The zero-order valence-electron chi connectivity index (χ0n) is 12.6. The third kappa shape index (κ3) is 3.34. The Morgan fingerprint density at radius 1 is 1.19 bits per heavy atom. The van der Waals surface area contributed by atoms with Crippen LogP contribution in [-0.2, 0) is 4.74 Å². The maximum Gasteiger partial charge on any atom is 0.340 e. The van der Waals surface area contributed by atoms with E-state index in [1.165, 1.54) is 0 Å². The van der Waals surface area contributed by atoms with E-state index in [2.05, 4.69) is 11.4 Å². The smallest absolute Gasteiger partial charge is 0.340 e. The highest BCUT2D eigenvalue weighted by atomic mass is 16.5. The van der Waals surface area contributed by atoms with Gasteiger partial charge in [0.2, 0.25) is 0 Å². The highest BCUT2D eigenvalue weighted by molar-refractivity contribution is 5.99. The summed E-state index contributed by atoms with van der Waals surface area (Å²) in [7, 11) is 0. The molecule has 0 heterocycles. The van der Waals surface area contributed by atoms with Crippen LogP contribution in [0, 0.1) is 13.8 Å². The van der Waals surface area contributed by atoms with E-state index < -0.39 is 5.97 Å². The Morgan fingerprint density at radius 2 is 1.95 bits per heavy atom. The lowest BCUT2D eigenvalue weighted by atomic mass is 10.1. The predicted molar refractivity (Wildman–Crippen MR) is 86.0 cm³/mol. The third-order valence-electron chi connectivity index (χ3n) is 3.26. The summed E-state index contributed by atoms with van der Waals surface area (Å²) in [6.45, 7) is 6.15. The molecule has 0 radical (unpaired) electrons. The van der Waals surface area contributed by atoms with Crippen LogP contribution in [0.4, 0.5) is 17.1 Å². The lowest BCUT2D eigenvalue weighted by Crippen LogP contribution is -2.09. The molecule has 0 aliphatic rings. The molecule has 0 aromatic heterocycles. The lowest BCUT2D eigenvalue weighted by Gasteiger charge is -2.14. The van der Waals surface area contributed by atoms with Crippen molar-refractivity contribution in [2.45, 2.75) is 20.8 Å². The second-order valence-electron chi connectivity index (χ2n) is 4.93. The van der Waals surface area contributed by atoms with Crippen molar-refractivity contribution in [1.82, 2.24) is 0 Å². The number of anilines is 3. The summed E-state index contributed by atoms with van der Waals surface area (Å²) in [6, 6.07) is 11.4. The Labute approximate surface area is 124 Å². The first-order chi connectivity index (χ1) is 10.0. The first-order valence-electron chi connectivity index (χ1n) is 6.92. The van der Waals surface area contributed by atoms with Gasteiger partial charge in [-0.2, -0.15) is 0 Å². The molecular weight excluding hydrogens is 264 g/mol. The quantitative estimate of drug-likeness (QED) is 0.662. The number of aryl methyl sites for hydroxylation is 2. The number of hydrogen-bond donors (Lipinski definition) is 2. The van der Waals surface area contributed by atoms with E-state index in [9.17, 15) is 4.79 Å². The summed E-state index contributed by atoms with van der Waals surface area (Å²) < 4.78 is 5.01. The summed E-state index contributed by atoms with van der Waals surface area (Å²) in [5, 5.41) is 3.29. The Morgan fingerprint density at radius 3 is 2.67 bits per heavy atom. The Kier molecular flexibility index (Phi) is 4.48. The zero-order valence-corrected chi connectivity index (χ0v) is 12.6. The Bertz CT molecular complexity index is 666. The zero-order chi connectivity index (χ0) is 15.4. The molecule has 110 valence electrons. The Hall–Kier alpha value is -2.49. The number of benzene rings is 2. The number of nitrogens with one attached hydrogen (secondary N) is 1. The number of carbonyl (C=O) groups is 1. The summed E-state index contributed by atoms with van der Waals surface area (Å²) in [5.74, 6) is -0.403. The molecule has 2 rings (SSSR count). The molecule has 4 heteroatoms. The molecule has 3 N–H and O–H groups in total. The minimum absolute atomic E-state index is 0.326. The van der Waals surface area contributed by atoms with Gasteiger partial charge in [-0.3, -0.25) is 0 Å². The van der Waals surface area contributed by atoms with Crippen LogP contribution in [0.1, 0.15) is 28.4 Å². The number of rotatable bonds is 4. The van der Waals surface area contributed by atoms with Crippen molar-refractivity contribution in [2.24, 2.45) is 0 Å². The largest absolute Gasteiger partial charge is 0.462 e. The molecule has 0 saturated carbocycles. The number of nitrogens with two attached hydrogens (primary N) is 1. The van der Waals surface area contributed by atoms with Crippen LogP contribution in [0.15, 0.2) is 36.4 Å². The summed E-state index contributed by atoms with van der Waals surface area (Å²) in [5.41, 5.74) is 10.8. The van der Waals surface area contributed by atoms with Gasteiger partial charge in [0.15, 0.2) is 0 Å². The molecule has 0 saturated heterocycles. The van der Waals surface area contributed by atoms with Crippen LogP contribution in [0.2, 0.25) is 0 Å². The van der Waals surface area contributed by atoms with Crippen molar-refractivity contribution in [3.8, 4) is 0 Å². The molecule has 21 heavy (non-hydrogen) atoms. The van der Waals surface area contributed by atoms with Gasteiger partial charge in [-0.15, -0.1) is 0 Å². The van der Waals surface area contributed by atoms with Crippen molar-refractivity contribution in [1.29, 1.82) is 0 Å². The second-order valence-corrected chi connectivity index (χ2v) is 4.93. The number of nitrogen functional groups attached to an aromatic ring is 1. The lowest BCUT2D eigenvalue weighted by molar-refractivity contribution is 0.0527. The van der Waals surface area contributed by atoms with Gasteiger partial charge >= 0.3 is 5.97 Å². The SMILES string of the molecule is CCOC(=O)c1cccc(Nc2cc(C)ccc2C)c1N. The molecule has 4 nitrogen and oxygen atoms in total. The summed E-state index contributed by atoms with van der Waals surface area (Å²) in [6.07, 6.45) is 0. The van der Waals surface area contributed by atoms with E-state index in [1.54, 1.807) is 19.1 Å². The van der Waals surface area contributed by atoms with Crippen LogP contribution in [0.25, 0.3) is 0 Å². The topological polar surface area (TPSA) is 64.3 Å². The molecule has 0 aliphatic heterocycles. The van der Waals surface area contributed by atoms with E-state index in [-0.39, 0.29) is 0 Å². The summed E-state index contributed by atoms with van der Waals surface area (Å²) in [4.78, 5) is 11.9. The molecule has 0 fully saturated rings. The van der Waals surface area contributed by atoms with Crippen LogP contribution < -0.4 is 11.1 Å². The fraction of sp³-hybridized carbons (Fsp3) is 0.235. The van der Waals surface area contributed by atoms with Crippen molar-refractivity contribution in [3.63, 3.8) is 0 Å². The molecule has 0 unspecified atom stereocenters. The first-order valence-corrected chi connectivity index (χ1v) is 6.92. The first kappa shape index (κ1) is 14.9. The summed E-state index contributed by atoms with van der Waals surface area (Å²) >= 11 is 0. The van der Waals surface area contributed by atoms with E-state index in [0.717, 1.165) is 16.8 Å². The van der Waals surface area contributed by atoms with Gasteiger partial charge in [-0.1, -0.05) is 18.2 Å². The van der Waals surface area contributed by atoms with Crippen LogP contribution in [-0.4, -0.2) is 12.6 Å². The number of para-hydroxylation sites is 1. The monoisotopic (exact) mass is 284 g/mol. The molecule has 0 amide bonds. The maximum atomic E-state index is 11.9. The minimum atomic E-state index is -0.403. The minimum Gasteiger partial charge on any atom is -0.462 e. The fourth-order valence-corrected chi connectivity index (χ4v) is 2.08. The predicted octanol–water partition coefficient (Wildman–Crippen LogP) is 3.81. The van der Waals surface area contributed by atoms with Crippen molar-refractivity contribution in [2.75, 3.05) is 17.7 Å². The van der Waals surface area contributed by atoms with E-state index >= 15 is 0 Å². The van der Waals surface area contributed by atoms with E-state index in [1.807, 2.05) is 32.0 Å². The average Bonchev–Trinajstić information content (AvgIpc) is 2.45. The molecule has 0 spiro atoms. The van der Waals surface area contributed by atoms with Crippen molar-refractivity contribution in [3.05, 3.63) is 53.1 Å². The number of carbonyl (C=O) groups excluding carboxylic acids is 1. The van der Waals surface area contributed by atoms with Gasteiger partial charge in [-0.25, -0.2) is 4.79 Å². The van der Waals surface area contributed by atoms with Gasteiger partial charge in [0.1, 0.15) is 0 Å². The van der Waals surface area contributed by atoms with Gasteiger partial charge in [0, 0.05) is 5.69 Å². The normalized spacial score (nSPS) is 10.2. The molecule has 2 aromatic rings. The fourth-order valence-electron chi connectivity index (χ4n) is 2.08. The molecule has 0 atom stereocenters. The average molecular weight is 284 g/mol. The third-order valence-corrected chi connectivity index (χ3v) is 3.26. The van der Waals surface area contributed by atoms with Crippen LogP contribution >= 0.6 is 0 Å². The second kappa shape index (κ2) is 6.31. The number of esters is 1. The highest BCUT2D eigenvalue weighted by Gasteiger charge is 2.13. The maximum absolute atomic E-state index is 11.9. The number of hydrogen-bond acceptors (Lipinski definition) is 4. The van der Waals surface area contributed by atoms with Gasteiger partial charge in [0.25, 0.3) is 0 Å².